The number of aliphatic hydroxyl groups is 1. The first kappa shape index (κ1) is 17.4. The Bertz CT molecular complexity index is 839. The van der Waals surface area contributed by atoms with Gasteiger partial charge in [-0.1, -0.05) is 0 Å². The first-order chi connectivity index (χ1) is 10.5. The zero-order valence-corrected chi connectivity index (χ0v) is 13.8. The van der Waals surface area contributed by atoms with Crippen LogP contribution in [0.3, 0.4) is 0 Å². The van der Waals surface area contributed by atoms with Crippen molar-refractivity contribution in [2.24, 2.45) is 0 Å². The number of carboxylic acid groups (broad SMARTS) is 1. The second-order valence-corrected chi connectivity index (χ2v) is 7.57. The van der Waals surface area contributed by atoms with E-state index in [0.717, 1.165) is 12.4 Å². The predicted octanol–water partition coefficient (Wildman–Crippen LogP) is 0.731. The lowest BCUT2D eigenvalue weighted by molar-refractivity contribution is -0.155. The number of nitrogens with one attached hydrogen (secondary N) is 1. The van der Waals surface area contributed by atoms with E-state index in [-0.39, 0.29) is 10.9 Å². The highest BCUT2D eigenvalue weighted by molar-refractivity contribution is 7.89. The maximum atomic E-state index is 12.2. The van der Waals surface area contributed by atoms with Crippen LogP contribution in [-0.2, 0) is 14.8 Å². The first-order valence-corrected chi connectivity index (χ1v) is 8.45. The average Bonchev–Trinajstić information content (AvgIpc) is 2.88. The van der Waals surface area contributed by atoms with Gasteiger partial charge in [0.15, 0.2) is 5.60 Å². The number of fused-ring (bicyclic) bond motifs is 1. The second-order valence-electron chi connectivity index (χ2n) is 5.81. The quantitative estimate of drug-likeness (QED) is 0.712. The molecule has 0 aliphatic heterocycles. The van der Waals surface area contributed by atoms with Crippen molar-refractivity contribution >= 4 is 26.9 Å². The van der Waals surface area contributed by atoms with Crippen molar-refractivity contribution < 1.29 is 23.4 Å². The van der Waals surface area contributed by atoms with Gasteiger partial charge in [-0.05, 0) is 39.0 Å². The van der Waals surface area contributed by atoms with Crippen molar-refractivity contribution in [3.05, 3.63) is 24.4 Å². The number of sulfonamides is 1. The molecule has 0 saturated carbocycles. The van der Waals surface area contributed by atoms with Gasteiger partial charge in [0, 0.05) is 11.4 Å². The fourth-order valence-electron chi connectivity index (χ4n) is 2.00. The van der Waals surface area contributed by atoms with Gasteiger partial charge in [-0.25, -0.2) is 17.9 Å². The summed E-state index contributed by atoms with van der Waals surface area (Å²) in [6.07, 6.45) is 1.57. The summed E-state index contributed by atoms with van der Waals surface area (Å²) in [4.78, 5) is 10.8. The molecular formula is C14H19N3O5S. The minimum atomic E-state index is -3.94. The number of hydrogen-bond donors (Lipinski definition) is 3. The molecule has 23 heavy (non-hydrogen) atoms. The molecule has 1 aromatic carbocycles. The second kappa shape index (κ2) is 5.91. The molecule has 9 heteroatoms. The van der Waals surface area contributed by atoms with Crippen LogP contribution in [0.2, 0.25) is 0 Å². The molecule has 0 aliphatic rings. The van der Waals surface area contributed by atoms with Crippen molar-refractivity contribution in [2.75, 3.05) is 6.54 Å². The Hall–Kier alpha value is -1.97. The molecule has 3 N–H and O–H groups in total. The predicted molar refractivity (Wildman–Crippen MR) is 83.6 cm³/mol. The SMILES string of the molecule is CC(C)n1ncc2cc(S(=O)(=O)NCC(C)(O)C(=O)O)ccc21. The van der Waals surface area contributed by atoms with Gasteiger partial charge < -0.3 is 10.2 Å². The third-order valence-corrected chi connectivity index (χ3v) is 4.83. The van der Waals surface area contributed by atoms with Crippen LogP contribution in [0.15, 0.2) is 29.3 Å². The minimum absolute atomic E-state index is 0.0190. The topological polar surface area (TPSA) is 122 Å². The molecule has 2 rings (SSSR count). The molecule has 0 fully saturated rings. The Morgan fingerprint density at radius 2 is 2.09 bits per heavy atom. The molecular weight excluding hydrogens is 322 g/mol. The highest BCUT2D eigenvalue weighted by atomic mass is 32.2. The van der Waals surface area contributed by atoms with E-state index >= 15 is 0 Å². The number of carbonyl (C=O) groups is 1. The van der Waals surface area contributed by atoms with E-state index in [1.807, 2.05) is 13.8 Å². The van der Waals surface area contributed by atoms with Crippen LogP contribution in [0.25, 0.3) is 10.9 Å². The molecule has 2 aromatic rings. The number of aliphatic carboxylic acids is 1. The molecule has 0 spiro atoms. The largest absolute Gasteiger partial charge is 0.479 e. The lowest BCUT2D eigenvalue weighted by atomic mass is 10.1. The average molecular weight is 341 g/mol. The van der Waals surface area contributed by atoms with Gasteiger partial charge in [0.2, 0.25) is 10.0 Å². The fraction of sp³-hybridized carbons (Fsp3) is 0.429. The fourth-order valence-corrected chi connectivity index (χ4v) is 3.17. The van der Waals surface area contributed by atoms with Crippen molar-refractivity contribution in [3.8, 4) is 0 Å². The van der Waals surface area contributed by atoms with Gasteiger partial charge in [-0.2, -0.15) is 5.10 Å². The summed E-state index contributed by atoms with van der Waals surface area (Å²) in [7, 11) is -3.94. The number of aromatic nitrogens is 2. The molecule has 0 aliphatic carbocycles. The van der Waals surface area contributed by atoms with Crippen LogP contribution in [-0.4, -0.2) is 46.5 Å². The maximum absolute atomic E-state index is 12.2. The normalized spacial score (nSPS) is 15.0. The zero-order chi connectivity index (χ0) is 17.4. The van der Waals surface area contributed by atoms with Crippen LogP contribution >= 0.6 is 0 Å². The van der Waals surface area contributed by atoms with Crippen molar-refractivity contribution in [1.82, 2.24) is 14.5 Å². The highest BCUT2D eigenvalue weighted by Gasteiger charge is 2.31. The lowest BCUT2D eigenvalue weighted by Crippen LogP contribution is -2.46. The van der Waals surface area contributed by atoms with E-state index in [4.69, 9.17) is 5.11 Å². The monoisotopic (exact) mass is 341 g/mol. The summed E-state index contributed by atoms with van der Waals surface area (Å²) < 4.78 is 28.4. The van der Waals surface area contributed by atoms with Gasteiger partial charge in [0.25, 0.3) is 0 Å². The van der Waals surface area contributed by atoms with E-state index in [1.165, 1.54) is 12.1 Å². The Kier molecular flexibility index (Phi) is 4.47. The first-order valence-electron chi connectivity index (χ1n) is 6.97. The van der Waals surface area contributed by atoms with E-state index < -0.39 is 28.1 Å². The summed E-state index contributed by atoms with van der Waals surface area (Å²) >= 11 is 0. The molecule has 1 atom stereocenters. The van der Waals surface area contributed by atoms with E-state index in [1.54, 1.807) is 16.9 Å². The smallest absolute Gasteiger partial charge is 0.336 e. The van der Waals surface area contributed by atoms with Gasteiger partial charge >= 0.3 is 5.97 Å². The van der Waals surface area contributed by atoms with Gasteiger partial charge in [0.1, 0.15) is 0 Å². The Morgan fingerprint density at radius 1 is 1.43 bits per heavy atom. The van der Waals surface area contributed by atoms with Crippen molar-refractivity contribution in [2.45, 2.75) is 37.3 Å². The van der Waals surface area contributed by atoms with Crippen LogP contribution in [0.1, 0.15) is 26.8 Å². The van der Waals surface area contributed by atoms with Gasteiger partial charge in [0.05, 0.1) is 23.2 Å². The minimum Gasteiger partial charge on any atom is -0.479 e. The summed E-state index contributed by atoms with van der Waals surface area (Å²) in [6, 6.07) is 4.66. The Balaban J connectivity index is 2.30. The Labute approximate surface area is 133 Å². The molecule has 126 valence electrons. The summed E-state index contributed by atoms with van der Waals surface area (Å²) in [5, 5.41) is 23.3. The van der Waals surface area contributed by atoms with E-state index in [0.29, 0.717) is 5.39 Å². The maximum Gasteiger partial charge on any atom is 0.336 e. The molecule has 1 aromatic heterocycles. The number of rotatable bonds is 6. The van der Waals surface area contributed by atoms with Gasteiger partial charge in [-0.15, -0.1) is 0 Å². The zero-order valence-electron chi connectivity index (χ0n) is 13.0. The molecule has 1 heterocycles. The molecule has 0 amide bonds. The number of hydrogen-bond acceptors (Lipinski definition) is 5. The van der Waals surface area contributed by atoms with Crippen LogP contribution in [0.5, 0.6) is 0 Å². The third-order valence-electron chi connectivity index (χ3n) is 3.43. The standard InChI is InChI=1S/C14H19N3O5S/c1-9(2)17-12-5-4-11(6-10(12)7-15-17)23(21,22)16-8-14(3,20)13(18)19/h4-7,9,16,20H,8H2,1-3H3,(H,18,19). The summed E-state index contributed by atoms with van der Waals surface area (Å²) in [5.41, 5.74) is -1.38. The molecule has 8 nitrogen and oxygen atoms in total. The number of carboxylic acids is 1. The lowest BCUT2D eigenvalue weighted by Gasteiger charge is -2.18. The molecule has 1 unspecified atom stereocenters. The molecule has 0 radical (unpaired) electrons. The van der Waals surface area contributed by atoms with Crippen molar-refractivity contribution in [3.63, 3.8) is 0 Å². The van der Waals surface area contributed by atoms with E-state index in [9.17, 15) is 18.3 Å². The van der Waals surface area contributed by atoms with E-state index in [2.05, 4.69) is 9.82 Å². The molecule has 0 bridgehead atoms. The van der Waals surface area contributed by atoms with Crippen LogP contribution < -0.4 is 4.72 Å². The highest BCUT2D eigenvalue weighted by Crippen LogP contribution is 2.21. The van der Waals surface area contributed by atoms with Crippen molar-refractivity contribution in [1.29, 1.82) is 0 Å². The summed E-state index contributed by atoms with van der Waals surface area (Å²) in [6.45, 7) is 4.32. The number of nitrogens with zero attached hydrogens (tertiary/aromatic N) is 2. The Morgan fingerprint density at radius 3 is 2.65 bits per heavy atom. The summed E-state index contributed by atoms with van der Waals surface area (Å²) in [5.74, 6) is -1.51. The molecule has 0 saturated heterocycles. The van der Waals surface area contributed by atoms with Crippen LogP contribution in [0, 0.1) is 0 Å². The van der Waals surface area contributed by atoms with Crippen LogP contribution in [0.4, 0.5) is 0 Å². The number of benzene rings is 1. The third kappa shape index (κ3) is 3.52. The van der Waals surface area contributed by atoms with Gasteiger partial charge in [-0.3, -0.25) is 4.68 Å².